The Balaban J connectivity index is 2.01. The molecule has 0 fully saturated rings. The molecule has 0 aliphatic carbocycles. The van der Waals surface area contributed by atoms with Crippen molar-refractivity contribution in [1.82, 2.24) is 4.90 Å². The van der Waals surface area contributed by atoms with Crippen LogP contribution in [0.4, 0.5) is 30.7 Å². The van der Waals surface area contributed by atoms with Crippen molar-refractivity contribution in [3.05, 3.63) is 104 Å². The van der Waals surface area contributed by atoms with Gasteiger partial charge in [0.15, 0.2) is 0 Å². The number of hydrogen-bond donors (Lipinski definition) is 0. The number of halogens is 9. The van der Waals surface area contributed by atoms with Crippen molar-refractivity contribution in [1.29, 1.82) is 0 Å². The van der Waals surface area contributed by atoms with Crippen LogP contribution in [-0.2, 0) is 25.3 Å². The van der Waals surface area contributed by atoms with Crippen LogP contribution in [0.2, 0.25) is 10.0 Å². The third-order valence-corrected chi connectivity index (χ3v) is 5.69. The summed E-state index contributed by atoms with van der Waals surface area (Å²) in [4.78, 5) is 14.2. The molecular formula is C24H16Cl2F7NO. The molecule has 0 saturated carbocycles. The minimum Gasteiger partial charge on any atom is -0.334 e. The van der Waals surface area contributed by atoms with Crippen LogP contribution in [0, 0.1) is 5.82 Å². The lowest BCUT2D eigenvalue weighted by Crippen LogP contribution is -2.33. The molecule has 35 heavy (non-hydrogen) atoms. The van der Waals surface area contributed by atoms with Gasteiger partial charge < -0.3 is 4.90 Å². The Labute approximate surface area is 205 Å². The highest BCUT2D eigenvalue weighted by atomic mass is 35.5. The number of alkyl halides is 6. The van der Waals surface area contributed by atoms with E-state index in [-0.39, 0.29) is 29.6 Å². The summed E-state index contributed by atoms with van der Waals surface area (Å²) < 4.78 is 93.9. The lowest BCUT2D eigenvalue weighted by atomic mass is 10.0. The molecule has 3 rings (SSSR count). The van der Waals surface area contributed by atoms with Gasteiger partial charge in [-0.3, -0.25) is 4.79 Å². The normalized spacial score (nSPS) is 12.0. The fourth-order valence-electron chi connectivity index (χ4n) is 3.33. The van der Waals surface area contributed by atoms with Crippen molar-refractivity contribution in [2.24, 2.45) is 0 Å². The lowest BCUT2D eigenvalue weighted by Gasteiger charge is -2.24. The van der Waals surface area contributed by atoms with Crippen molar-refractivity contribution in [3.63, 3.8) is 0 Å². The molecule has 0 heterocycles. The van der Waals surface area contributed by atoms with Crippen molar-refractivity contribution in [2.45, 2.75) is 25.3 Å². The second-order valence-corrected chi connectivity index (χ2v) is 8.44. The third-order valence-electron chi connectivity index (χ3n) is 5.11. The van der Waals surface area contributed by atoms with Gasteiger partial charge in [0.2, 0.25) is 0 Å². The molecule has 0 spiro atoms. The highest BCUT2D eigenvalue weighted by Gasteiger charge is 2.38. The largest absolute Gasteiger partial charge is 0.416 e. The smallest absolute Gasteiger partial charge is 0.334 e. The summed E-state index contributed by atoms with van der Waals surface area (Å²) in [7, 11) is 0. The topological polar surface area (TPSA) is 20.3 Å². The number of rotatable bonds is 6. The van der Waals surface area contributed by atoms with Gasteiger partial charge in [0.05, 0.1) is 11.1 Å². The van der Waals surface area contributed by atoms with Crippen molar-refractivity contribution in [2.75, 3.05) is 6.54 Å². The van der Waals surface area contributed by atoms with E-state index in [1.807, 2.05) is 0 Å². The van der Waals surface area contributed by atoms with E-state index in [0.29, 0.717) is 22.7 Å². The van der Waals surface area contributed by atoms with Gasteiger partial charge in [-0.25, -0.2) is 4.39 Å². The molecule has 1 amide bonds. The quantitative estimate of drug-likeness (QED) is 0.291. The Hall–Kier alpha value is -2.78. The SMILES string of the molecule is O=C(c1cc(C(F)(F)F)cc(C(F)(F)F)c1)N(CCc1ccc(Cl)cc1Cl)Cc1ccccc1F. The Morgan fingerprint density at radius 3 is 1.94 bits per heavy atom. The second-order valence-electron chi connectivity index (χ2n) is 7.60. The summed E-state index contributed by atoms with van der Waals surface area (Å²) in [5.41, 5.74) is -3.51. The number of carbonyl (C=O) groups is 1. The van der Waals surface area contributed by atoms with Crippen LogP contribution < -0.4 is 0 Å². The monoisotopic (exact) mass is 537 g/mol. The molecule has 186 valence electrons. The van der Waals surface area contributed by atoms with Crippen molar-refractivity contribution < 1.29 is 35.5 Å². The van der Waals surface area contributed by atoms with E-state index in [2.05, 4.69) is 0 Å². The Morgan fingerprint density at radius 2 is 1.40 bits per heavy atom. The Kier molecular flexibility index (Phi) is 8.01. The minimum absolute atomic E-state index is 0.0334. The van der Waals surface area contributed by atoms with Gasteiger partial charge >= 0.3 is 12.4 Å². The van der Waals surface area contributed by atoms with E-state index in [0.717, 1.165) is 11.0 Å². The fraction of sp³-hybridized carbons (Fsp3) is 0.208. The number of nitrogens with zero attached hydrogens (tertiary/aromatic N) is 1. The Morgan fingerprint density at radius 1 is 0.800 bits per heavy atom. The van der Waals surface area contributed by atoms with Crippen LogP contribution >= 0.6 is 23.2 Å². The maximum atomic E-state index is 14.3. The van der Waals surface area contributed by atoms with Crippen LogP contribution in [0.25, 0.3) is 0 Å². The molecule has 3 aromatic carbocycles. The fourth-order valence-corrected chi connectivity index (χ4v) is 3.83. The van der Waals surface area contributed by atoms with Crippen LogP contribution in [-0.4, -0.2) is 17.4 Å². The molecule has 11 heteroatoms. The maximum absolute atomic E-state index is 14.3. The van der Waals surface area contributed by atoms with Crippen LogP contribution in [0.1, 0.15) is 32.6 Å². The van der Waals surface area contributed by atoms with E-state index >= 15 is 0 Å². The third kappa shape index (κ3) is 6.89. The number of amides is 1. The predicted molar refractivity (Wildman–Crippen MR) is 118 cm³/mol. The first-order chi connectivity index (χ1) is 16.3. The van der Waals surface area contributed by atoms with E-state index in [4.69, 9.17) is 23.2 Å². The molecule has 0 aliphatic heterocycles. The second kappa shape index (κ2) is 10.5. The predicted octanol–water partition coefficient (Wildman–Crippen LogP) is 8.06. The van der Waals surface area contributed by atoms with E-state index in [1.165, 1.54) is 30.3 Å². The van der Waals surface area contributed by atoms with Gasteiger partial charge in [-0.15, -0.1) is 0 Å². The highest BCUT2D eigenvalue weighted by Crippen LogP contribution is 2.36. The van der Waals surface area contributed by atoms with Gasteiger partial charge in [-0.2, -0.15) is 26.3 Å². The summed E-state index contributed by atoms with van der Waals surface area (Å²) in [5, 5.41) is 0.607. The maximum Gasteiger partial charge on any atom is 0.416 e. The molecular weight excluding hydrogens is 522 g/mol. The number of carbonyl (C=O) groups excluding carboxylic acids is 1. The van der Waals surface area contributed by atoms with E-state index in [9.17, 15) is 35.5 Å². The van der Waals surface area contributed by atoms with Gasteiger partial charge in [-0.05, 0) is 48.4 Å². The molecule has 0 aliphatic rings. The highest BCUT2D eigenvalue weighted by molar-refractivity contribution is 6.35. The first-order valence-corrected chi connectivity index (χ1v) is 10.8. The molecule has 0 unspecified atom stereocenters. The molecule has 0 N–H and O–H groups in total. The van der Waals surface area contributed by atoms with Crippen LogP contribution in [0.3, 0.4) is 0 Å². The molecule has 0 radical (unpaired) electrons. The van der Waals surface area contributed by atoms with Crippen LogP contribution in [0.5, 0.6) is 0 Å². The van der Waals surface area contributed by atoms with Crippen molar-refractivity contribution >= 4 is 29.1 Å². The van der Waals surface area contributed by atoms with Crippen molar-refractivity contribution in [3.8, 4) is 0 Å². The molecule has 0 atom stereocenters. The lowest BCUT2D eigenvalue weighted by molar-refractivity contribution is -0.143. The first kappa shape index (κ1) is 26.8. The molecule has 0 saturated heterocycles. The summed E-state index contributed by atoms with van der Waals surface area (Å²) >= 11 is 12.0. The zero-order valence-electron chi connectivity index (χ0n) is 17.7. The number of hydrogen-bond acceptors (Lipinski definition) is 1. The average Bonchev–Trinajstić information content (AvgIpc) is 2.77. The van der Waals surface area contributed by atoms with Gasteiger partial charge in [0.1, 0.15) is 5.82 Å². The molecule has 3 aromatic rings. The summed E-state index contributed by atoms with van der Waals surface area (Å²) in [5.74, 6) is -1.82. The minimum atomic E-state index is -5.12. The van der Waals surface area contributed by atoms with Gasteiger partial charge in [0, 0.05) is 34.3 Å². The zero-order chi connectivity index (χ0) is 26.0. The summed E-state index contributed by atoms with van der Waals surface area (Å²) in [6, 6.07) is 10.6. The molecule has 0 aromatic heterocycles. The van der Waals surface area contributed by atoms with E-state index < -0.39 is 47.3 Å². The standard InChI is InChI=1S/C24H16Cl2F7NO/c25-19-6-5-14(20(26)12-19)7-8-34(13-15-3-1-2-4-21(15)27)22(35)16-9-17(23(28,29)30)11-18(10-16)24(31,32)33/h1-6,9-12H,7-8,13H2. The summed E-state index contributed by atoms with van der Waals surface area (Å²) in [6.45, 7) is -0.569. The number of benzene rings is 3. The van der Waals surface area contributed by atoms with E-state index in [1.54, 1.807) is 6.07 Å². The zero-order valence-corrected chi connectivity index (χ0v) is 19.2. The average molecular weight is 538 g/mol. The molecule has 0 bridgehead atoms. The van der Waals surface area contributed by atoms with Gasteiger partial charge in [-0.1, -0.05) is 47.5 Å². The van der Waals surface area contributed by atoms with Gasteiger partial charge in [0.25, 0.3) is 5.91 Å². The first-order valence-electron chi connectivity index (χ1n) is 10.0. The summed E-state index contributed by atoms with van der Waals surface area (Å²) in [6.07, 6.45) is -10.2. The molecule has 2 nitrogen and oxygen atoms in total. The van der Waals surface area contributed by atoms with Crippen LogP contribution in [0.15, 0.2) is 60.7 Å². The Bertz CT molecular complexity index is 1190.